The topological polar surface area (TPSA) is 13.6 Å². The van der Waals surface area contributed by atoms with Crippen molar-refractivity contribution in [2.24, 2.45) is 0 Å². The summed E-state index contributed by atoms with van der Waals surface area (Å²) in [6.45, 7) is 8.68. The quantitative estimate of drug-likeness (QED) is 0.799. The van der Waals surface area contributed by atoms with Crippen LogP contribution in [0.1, 0.15) is 13.8 Å². The Kier molecular flexibility index (Phi) is 8.36. The van der Waals surface area contributed by atoms with Gasteiger partial charge < -0.3 is 17.1 Å². The second-order valence-electron chi connectivity index (χ2n) is 3.03. The largest absolute Gasteiger partial charge is 1.00 e. The van der Waals surface area contributed by atoms with Crippen LogP contribution in [0.25, 0.3) is 4.85 Å². The maximum absolute atomic E-state index is 13.1. The summed E-state index contributed by atoms with van der Waals surface area (Å²) in [5.41, 5.74) is 0.0325. The smallest absolute Gasteiger partial charge is 0.378 e. The van der Waals surface area contributed by atoms with Gasteiger partial charge >= 0.3 is 5.69 Å². The first-order chi connectivity index (χ1) is 6.54. The normalized spacial score (nSPS) is 8.75. The average molecular weight is 287 g/mol. The molecule has 1 rings (SSSR count). The van der Waals surface area contributed by atoms with Crippen LogP contribution in [0.2, 0.25) is 5.02 Å². The molecule has 0 aliphatic rings. The highest BCUT2D eigenvalue weighted by Crippen LogP contribution is 2.32. The first-order valence-corrected chi connectivity index (χ1v) is 4.49. The van der Waals surface area contributed by atoms with Crippen molar-refractivity contribution in [1.82, 2.24) is 0 Å². The zero-order chi connectivity index (χ0) is 10.7. The lowest BCUT2D eigenvalue weighted by atomic mass is 10.3. The van der Waals surface area contributed by atoms with Crippen LogP contribution >= 0.6 is 24.0 Å². The molecule has 0 unspecified atom stereocenters. The number of benzene rings is 1. The molecule has 6 heteroatoms. The molecule has 1 aromatic carbocycles. The predicted octanol–water partition coefficient (Wildman–Crippen LogP) is 1.29. The fourth-order valence-electron chi connectivity index (χ4n) is 0.962. The summed E-state index contributed by atoms with van der Waals surface area (Å²) in [6, 6.07) is 2.50. The van der Waals surface area contributed by atoms with Gasteiger partial charge in [-0.15, -0.1) is 12.4 Å². The van der Waals surface area contributed by atoms with Gasteiger partial charge in [0.05, 0.1) is 17.2 Å². The molecule has 0 fully saturated rings. The summed E-state index contributed by atoms with van der Waals surface area (Å²) >= 11 is 5.76. The number of halogens is 4. The van der Waals surface area contributed by atoms with E-state index in [1.165, 1.54) is 6.07 Å². The fourth-order valence-corrected chi connectivity index (χ4v) is 1.16. The number of hydrogen-bond acceptors (Lipinski definition) is 1. The molecule has 0 atom stereocenters. The molecule has 1 aromatic rings. The predicted molar refractivity (Wildman–Crippen MR) is 62.4 cm³/mol. The van der Waals surface area contributed by atoms with E-state index < -0.39 is 5.82 Å². The van der Waals surface area contributed by atoms with E-state index in [0.29, 0.717) is 5.75 Å². The number of hydrogen-bond donors (Lipinski definition) is 0. The average Bonchev–Trinajstić information content (AvgIpc) is 2.09. The number of nitrogens with zero attached hydrogens (tertiary/aromatic N) is 1. The van der Waals surface area contributed by atoms with Crippen molar-refractivity contribution >= 4 is 29.7 Å². The molecule has 0 amide bonds. The molecule has 16 heavy (non-hydrogen) atoms. The molecule has 2 nitrogen and oxygen atoms in total. The van der Waals surface area contributed by atoms with Crippen LogP contribution < -0.4 is 17.1 Å². The lowest BCUT2D eigenvalue weighted by Gasteiger charge is -2.09. The van der Waals surface area contributed by atoms with Crippen molar-refractivity contribution in [3.8, 4) is 12.3 Å². The third-order valence-electron chi connectivity index (χ3n) is 1.50. The molecule has 0 spiro atoms. The van der Waals surface area contributed by atoms with Gasteiger partial charge in [-0.3, -0.25) is 0 Å². The minimum Gasteiger partial charge on any atom is -1.00 e. The third kappa shape index (κ3) is 4.44. The lowest BCUT2D eigenvalue weighted by molar-refractivity contribution is -0.00000478. The van der Waals surface area contributed by atoms with Gasteiger partial charge in [0.1, 0.15) is 5.75 Å². The molecule has 0 heterocycles. The summed E-state index contributed by atoms with van der Waals surface area (Å²) < 4.78 is 18.4. The molecule has 0 saturated carbocycles. The van der Waals surface area contributed by atoms with Gasteiger partial charge in [-0.05, 0) is 18.7 Å². The highest BCUT2D eigenvalue weighted by Gasteiger charge is 2.16. The van der Waals surface area contributed by atoms with Crippen molar-refractivity contribution in [2.45, 2.75) is 20.0 Å². The first kappa shape index (κ1) is 17.7. The van der Waals surface area contributed by atoms with Crippen molar-refractivity contribution in [3.63, 3.8) is 0 Å². The van der Waals surface area contributed by atoms with Crippen LogP contribution in [0.15, 0.2) is 12.1 Å². The van der Waals surface area contributed by atoms with E-state index in [1.54, 1.807) is 0 Å². The zero-order valence-electron chi connectivity index (χ0n) is 8.71. The van der Waals surface area contributed by atoms with E-state index in [4.69, 9.17) is 22.9 Å². The standard InChI is InChI=1S/C10H10ClFNO.2ClH/c1-6(2)14-10-5-9(13-3)8(12)4-7(10)11;;/h3-6H,1-2H3;2*1H/q+1;;/p-1. The summed E-state index contributed by atoms with van der Waals surface area (Å²) in [4.78, 5) is 3.27. The summed E-state index contributed by atoms with van der Waals surface area (Å²) in [7, 11) is 0. The maximum atomic E-state index is 13.1. The molecule has 0 bridgehead atoms. The number of rotatable bonds is 2. The van der Waals surface area contributed by atoms with Gasteiger partial charge in [-0.2, -0.15) is 4.39 Å². The third-order valence-corrected chi connectivity index (χ3v) is 1.80. The van der Waals surface area contributed by atoms with Crippen molar-refractivity contribution in [1.29, 1.82) is 0 Å². The second kappa shape index (κ2) is 7.56. The van der Waals surface area contributed by atoms with Gasteiger partial charge in [0.15, 0.2) is 0 Å². The zero-order valence-corrected chi connectivity index (χ0v) is 11.0. The molecular formula is C10H11Cl3FNO. The van der Waals surface area contributed by atoms with E-state index in [2.05, 4.69) is 4.85 Å². The minimum atomic E-state index is -0.561. The Morgan fingerprint density at radius 2 is 2.00 bits per heavy atom. The van der Waals surface area contributed by atoms with E-state index >= 15 is 0 Å². The Balaban J connectivity index is 0. The van der Waals surface area contributed by atoms with Gasteiger partial charge in [0, 0.05) is 6.07 Å². The van der Waals surface area contributed by atoms with Crippen molar-refractivity contribution in [2.75, 3.05) is 0 Å². The van der Waals surface area contributed by atoms with Crippen LogP contribution in [0.5, 0.6) is 5.75 Å². The van der Waals surface area contributed by atoms with Gasteiger partial charge in [-0.1, -0.05) is 11.6 Å². The SMILES string of the molecule is C#[N+]c1cc(OC(C)C)c(Cl)cc1F.Cl.[Cl-]. The molecule has 90 valence electrons. The monoisotopic (exact) mass is 285 g/mol. The molecule has 0 aliphatic carbocycles. The van der Waals surface area contributed by atoms with E-state index in [9.17, 15) is 4.39 Å². The Morgan fingerprint density at radius 1 is 1.44 bits per heavy atom. The van der Waals surface area contributed by atoms with Crippen molar-refractivity contribution < 1.29 is 21.5 Å². The van der Waals surface area contributed by atoms with Crippen LogP contribution in [0, 0.1) is 12.4 Å². The summed E-state index contributed by atoms with van der Waals surface area (Å²) in [5.74, 6) is -0.180. The molecule has 0 radical (unpaired) electrons. The van der Waals surface area contributed by atoms with Crippen LogP contribution in [0.4, 0.5) is 10.1 Å². The highest BCUT2D eigenvalue weighted by molar-refractivity contribution is 6.32. The Hall–Kier alpha value is -0.690. The van der Waals surface area contributed by atoms with E-state index in [0.717, 1.165) is 6.07 Å². The summed E-state index contributed by atoms with van der Waals surface area (Å²) in [6.07, 6.45) is -0.0383. The number of ether oxygens (including phenoxy) is 1. The lowest BCUT2D eigenvalue weighted by Crippen LogP contribution is -3.00. The summed E-state index contributed by atoms with van der Waals surface area (Å²) in [5, 5.41) is 0.212. The van der Waals surface area contributed by atoms with Crippen LogP contribution in [-0.4, -0.2) is 6.10 Å². The Bertz CT molecular complexity index is 390. The Labute approximate surface area is 111 Å². The van der Waals surface area contributed by atoms with Gasteiger partial charge in [0.25, 0.3) is 6.57 Å². The molecule has 0 aromatic heterocycles. The van der Waals surface area contributed by atoms with Crippen LogP contribution in [0.3, 0.4) is 0 Å². The first-order valence-electron chi connectivity index (χ1n) is 4.11. The molecular weight excluding hydrogens is 275 g/mol. The molecule has 0 aliphatic heterocycles. The molecule has 0 N–H and O–H groups in total. The van der Waals surface area contributed by atoms with Gasteiger partial charge in [0.2, 0.25) is 5.82 Å². The highest BCUT2D eigenvalue weighted by atomic mass is 35.5. The van der Waals surface area contributed by atoms with Crippen LogP contribution in [-0.2, 0) is 0 Å². The van der Waals surface area contributed by atoms with E-state index in [1.807, 2.05) is 13.8 Å². The second-order valence-corrected chi connectivity index (χ2v) is 3.44. The minimum absolute atomic E-state index is 0. The fraction of sp³-hybridized carbons (Fsp3) is 0.300. The van der Waals surface area contributed by atoms with Crippen molar-refractivity contribution in [3.05, 3.63) is 27.8 Å². The molecule has 0 saturated heterocycles. The maximum Gasteiger partial charge on any atom is 0.378 e. The Morgan fingerprint density at radius 3 is 2.44 bits per heavy atom. The van der Waals surface area contributed by atoms with E-state index in [-0.39, 0.29) is 41.6 Å². The van der Waals surface area contributed by atoms with Gasteiger partial charge in [-0.25, -0.2) is 0 Å².